The summed E-state index contributed by atoms with van der Waals surface area (Å²) in [4.78, 5) is 4.37. The van der Waals surface area contributed by atoms with Crippen LogP contribution in [0.1, 0.15) is 17.0 Å². The highest BCUT2D eigenvalue weighted by molar-refractivity contribution is 6.28. The molecular weight excluding hydrogens is 224 g/mol. The van der Waals surface area contributed by atoms with E-state index in [2.05, 4.69) is 10.3 Å². The number of hydrogen-bond donors (Lipinski definition) is 1. The van der Waals surface area contributed by atoms with E-state index in [-0.39, 0.29) is 0 Å². The molecule has 2 aromatic rings. The number of pyridine rings is 1. The molecule has 0 aromatic carbocycles. The Balaban J connectivity index is 2.04. The standard InChI is InChI=1S/C12H13ClN2O/c1-8-5-9(2)15-12(6-8)14-7-10-3-4-11(13)16-10/h3-6H,7H2,1-2H3,(H,14,15). The van der Waals surface area contributed by atoms with E-state index in [4.69, 9.17) is 16.0 Å². The van der Waals surface area contributed by atoms with Gasteiger partial charge in [-0.2, -0.15) is 0 Å². The Morgan fingerprint density at radius 1 is 1.31 bits per heavy atom. The lowest BCUT2D eigenvalue weighted by atomic mass is 10.2. The van der Waals surface area contributed by atoms with Crippen LogP contribution in [0.3, 0.4) is 0 Å². The summed E-state index contributed by atoms with van der Waals surface area (Å²) in [6.07, 6.45) is 0. The van der Waals surface area contributed by atoms with Crippen LogP contribution in [-0.4, -0.2) is 4.98 Å². The van der Waals surface area contributed by atoms with Crippen LogP contribution >= 0.6 is 11.6 Å². The minimum Gasteiger partial charge on any atom is -0.448 e. The van der Waals surface area contributed by atoms with E-state index < -0.39 is 0 Å². The van der Waals surface area contributed by atoms with E-state index in [1.165, 1.54) is 5.56 Å². The lowest BCUT2D eigenvalue weighted by Gasteiger charge is -2.05. The largest absolute Gasteiger partial charge is 0.448 e. The van der Waals surface area contributed by atoms with Gasteiger partial charge in [0, 0.05) is 5.69 Å². The first kappa shape index (κ1) is 11.0. The fourth-order valence-electron chi connectivity index (χ4n) is 1.56. The molecule has 0 fully saturated rings. The zero-order valence-electron chi connectivity index (χ0n) is 9.25. The number of hydrogen-bond acceptors (Lipinski definition) is 3. The first-order valence-corrected chi connectivity index (χ1v) is 5.44. The molecule has 0 unspecified atom stereocenters. The van der Waals surface area contributed by atoms with Gasteiger partial charge in [0.2, 0.25) is 0 Å². The van der Waals surface area contributed by atoms with Gasteiger partial charge in [0.25, 0.3) is 0 Å². The summed E-state index contributed by atoms with van der Waals surface area (Å²) in [6, 6.07) is 7.61. The van der Waals surface area contributed by atoms with E-state index in [9.17, 15) is 0 Å². The van der Waals surface area contributed by atoms with E-state index in [0.717, 1.165) is 17.3 Å². The van der Waals surface area contributed by atoms with E-state index in [0.29, 0.717) is 11.8 Å². The van der Waals surface area contributed by atoms with Crippen LogP contribution in [0.15, 0.2) is 28.7 Å². The Morgan fingerprint density at radius 2 is 2.12 bits per heavy atom. The molecule has 2 heterocycles. The van der Waals surface area contributed by atoms with Gasteiger partial charge in [-0.3, -0.25) is 0 Å². The second kappa shape index (κ2) is 4.58. The number of furan rings is 1. The molecule has 0 saturated heterocycles. The third kappa shape index (κ3) is 2.76. The quantitative estimate of drug-likeness (QED) is 0.886. The second-order valence-corrected chi connectivity index (χ2v) is 4.10. The molecule has 0 atom stereocenters. The number of nitrogens with one attached hydrogen (secondary N) is 1. The van der Waals surface area contributed by atoms with E-state index >= 15 is 0 Å². The summed E-state index contributed by atoms with van der Waals surface area (Å²) < 4.78 is 5.24. The first-order valence-electron chi connectivity index (χ1n) is 5.07. The highest BCUT2D eigenvalue weighted by atomic mass is 35.5. The average Bonchev–Trinajstić information content (AvgIpc) is 2.60. The van der Waals surface area contributed by atoms with Gasteiger partial charge in [0.15, 0.2) is 5.22 Å². The lowest BCUT2D eigenvalue weighted by Crippen LogP contribution is -2.01. The first-order chi connectivity index (χ1) is 7.63. The summed E-state index contributed by atoms with van der Waals surface area (Å²) in [5.41, 5.74) is 2.19. The molecule has 0 radical (unpaired) electrons. The van der Waals surface area contributed by atoms with Gasteiger partial charge in [-0.15, -0.1) is 0 Å². The normalized spacial score (nSPS) is 10.4. The number of rotatable bonds is 3. The van der Waals surface area contributed by atoms with Crippen molar-refractivity contribution >= 4 is 17.4 Å². The monoisotopic (exact) mass is 236 g/mol. The van der Waals surface area contributed by atoms with Crippen molar-refractivity contribution in [2.45, 2.75) is 20.4 Å². The van der Waals surface area contributed by atoms with Crippen molar-refractivity contribution in [3.63, 3.8) is 0 Å². The zero-order valence-corrected chi connectivity index (χ0v) is 10.0. The predicted molar refractivity (Wildman–Crippen MR) is 64.8 cm³/mol. The van der Waals surface area contributed by atoms with Crippen molar-refractivity contribution in [3.05, 3.63) is 46.5 Å². The molecular formula is C12H13ClN2O. The number of aromatic nitrogens is 1. The molecule has 0 bridgehead atoms. The molecule has 0 aliphatic rings. The minimum absolute atomic E-state index is 0.408. The van der Waals surface area contributed by atoms with Crippen LogP contribution in [0.25, 0.3) is 0 Å². The second-order valence-electron chi connectivity index (χ2n) is 3.73. The molecule has 84 valence electrons. The van der Waals surface area contributed by atoms with Gasteiger partial charge in [-0.25, -0.2) is 4.98 Å². The van der Waals surface area contributed by atoms with E-state index in [1.54, 1.807) is 6.07 Å². The maximum absolute atomic E-state index is 5.68. The van der Waals surface area contributed by atoms with Crippen molar-refractivity contribution in [2.75, 3.05) is 5.32 Å². The van der Waals surface area contributed by atoms with Gasteiger partial charge in [-0.1, -0.05) is 0 Å². The Kier molecular flexibility index (Phi) is 3.15. The van der Waals surface area contributed by atoms with Crippen LogP contribution in [-0.2, 0) is 6.54 Å². The SMILES string of the molecule is Cc1cc(C)nc(NCc2ccc(Cl)o2)c1. The van der Waals surface area contributed by atoms with Crippen molar-refractivity contribution in [1.29, 1.82) is 0 Å². The molecule has 1 N–H and O–H groups in total. The van der Waals surface area contributed by atoms with Crippen LogP contribution in [0.2, 0.25) is 5.22 Å². The molecule has 0 saturated carbocycles. The Bertz CT molecular complexity index is 473. The fraction of sp³-hybridized carbons (Fsp3) is 0.250. The molecule has 3 nitrogen and oxygen atoms in total. The van der Waals surface area contributed by atoms with Gasteiger partial charge < -0.3 is 9.73 Å². The lowest BCUT2D eigenvalue weighted by molar-refractivity contribution is 0.519. The molecule has 0 aliphatic carbocycles. The van der Waals surface area contributed by atoms with Gasteiger partial charge in [0.1, 0.15) is 11.6 Å². The summed E-state index contributed by atoms with van der Waals surface area (Å²) >= 11 is 5.68. The predicted octanol–water partition coefficient (Wildman–Crippen LogP) is 3.56. The van der Waals surface area contributed by atoms with Crippen molar-refractivity contribution < 1.29 is 4.42 Å². The van der Waals surface area contributed by atoms with Crippen molar-refractivity contribution in [2.24, 2.45) is 0 Å². The van der Waals surface area contributed by atoms with Crippen molar-refractivity contribution in [3.8, 4) is 0 Å². The van der Waals surface area contributed by atoms with Crippen LogP contribution in [0.5, 0.6) is 0 Å². The van der Waals surface area contributed by atoms with Crippen LogP contribution in [0, 0.1) is 13.8 Å². The molecule has 2 rings (SSSR count). The van der Waals surface area contributed by atoms with Crippen LogP contribution in [0.4, 0.5) is 5.82 Å². The molecule has 0 spiro atoms. The van der Waals surface area contributed by atoms with Gasteiger partial charge in [0.05, 0.1) is 6.54 Å². The summed E-state index contributed by atoms with van der Waals surface area (Å²) in [5, 5.41) is 3.60. The maximum atomic E-state index is 5.68. The van der Waals surface area contributed by atoms with Crippen molar-refractivity contribution in [1.82, 2.24) is 4.98 Å². The highest BCUT2D eigenvalue weighted by Crippen LogP contribution is 2.15. The molecule has 0 aliphatic heterocycles. The zero-order chi connectivity index (χ0) is 11.5. The average molecular weight is 237 g/mol. The Labute approximate surface area is 99.5 Å². The third-order valence-corrected chi connectivity index (χ3v) is 2.37. The molecule has 4 heteroatoms. The number of nitrogens with zero attached hydrogens (tertiary/aromatic N) is 1. The van der Waals surface area contributed by atoms with E-state index in [1.807, 2.05) is 32.0 Å². The number of anilines is 1. The highest BCUT2D eigenvalue weighted by Gasteiger charge is 2.01. The third-order valence-electron chi connectivity index (χ3n) is 2.17. The summed E-state index contributed by atoms with van der Waals surface area (Å²) in [6.45, 7) is 4.61. The number of halogens is 1. The maximum Gasteiger partial charge on any atom is 0.193 e. The number of aryl methyl sites for hydroxylation is 2. The summed E-state index contributed by atoms with van der Waals surface area (Å²) in [7, 11) is 0. The Morgan fingerprint density at radius 3 is 2.75 bits per heavy atom. The van der Waals surface area contributed by atoms with Gasteiger partial charge >= 0.3 is 0 Å². The minimum atomic E-state index is 0.408. The van der Waals surface area contributed by atoms with Crippen LogP contribution < -0.4 is 5.32 Å². The molecule has 16 heavy (non-hydrogen) atoms. The molecule has 2 aromatic heterocycles. The summed E-state index contributed by atoms with van der Waals surface area (Å²) in [5.74, 6) is 1.65. The molecule has 0 amide bonds. The fourth-order valence-corrected chi connectivity index (χ4v) is 1.72. The Hall–Kier alpha value is -1.48. The topological polar surface area (TPSA) is 38.1 Å². The van der Waals surface area contributed by atoms with Gasteiger partial charge in [-0.05, 0) is 55.3 Å². The smallest absolute Gasteiger partial charge is 0.193 e.